The Kier molecular flexibility index (Phi) is 7.73. The molecule has 4 rings (SSSR count). The van der Waals surface area contributed by atoms with Crippen LogP contribution in [0.3, 0.4) is 0 Å². The Bertz CT molecular complexity index is 1450. The minimum atomic E-state index is -3.90. The van der Waals surface area contributed by atoms with Crippen molar-refractivity contribution in [1.82, 2.24) is 24.7 Å². The van der Waals surface area contributed by atoms with Crippen LogP contribution in [0.25, 0.3) is 17.2 Å². The van der Waals surface area contributed by atoms with Crippen molar-refractivity contribution in [2.24, 2.45) is 0 Å². The van der Waals surface area contributed by atoms with Gasteiger partial charge in [-0.15, -0.1) is 21.5 Å². The van der Waals surface area contributed by atoms with Crippen LogP contribution in [0.15, 0.2) is 42.6 Å². The first kappa shape index (κ1) is 25.8. The quantitative estimate of drug-likeness (QED) is 0.313. The summed E-state index contributed by atoms with van der Waals surface area (Å²) in [4.78, 5) is 8.39. The van der Waals surface area contributed by atoms with Gasteiger partial charge in [-0.2, -0.15) is 0 Å². The zero-order valence-electron chi connectivity index (χ0n) is 19.5. The van der Waals surface area contributed by atoms with E-state index >= 15 is 0 Å². The number of aliphatic hydroxyl groups is 1. The van der Waals surface area contributed by atoms with Gasteiger partial charge in [0.1, 0.15) is 44.1 Å². The first-order valence-electron chi connectivity index (χ1n) is 10.4. The minimum Gasteiger partial charge on any atom is -0.494 e. The predicted octanol–water partition coefficient (Wildman–Crippen LogP) is 3.11. The number of sulfone groups is 1. The molecule has 0 unspecified atom stereocenters. The van der Waals surface area contributed by atoms with E-state index in [2.05, 4.69) is 20.2 Å². The Morgan fingerprint density at radius 2 is 1.75 bits per heavy atom. The summed E-state index contributed by atoms with van der Waals surface area (Å²) in [7, 11) is 0.553. The molecule has 0 radical (unpaired) electrons. The Morgan fingerprint density at radius 1 is 1.06 bits per heavy atom. The first-order valence-corrected chi connectivity index (χ1v) is 13.4. The number of halogens is 1. The van der Waals surface area contributed by atoms with E-state index < -0.39 is 27.4 Å². The van der Waals surface area contributed by atoms with Crippen molar-refractivity contribution in [2.75, 3.05) is 27.1 Å². The average Bonchev–Trinajstić information content (AvgIpc) is 3.49. The second-order valence-electron chi connectivity index (χ2n) is 7.42. The molecule has 1 aromatic carbocycles. The van der Waals surface area contributed by atoms with E-state index in [-0.39, 0.29) is 16.7 Å². The van der Waals surface area contributed by atoms with Crippen molar-refractivity contribution in [3.05, 3.63) is 57.8 Å². The van der Waals surface area contributed by atoms with Crippen LogP contribution in [-0.4, -0.2) is 65.3 Å². The molecule has 190 valence electrons. The summed E-state index contributed by atoms with van der Waals surface area (Å²) in [5.41, 5.74) is 0.778. The summed E-state index contributed by atoms with van der Waals surface area (Å²) in [6.07, 6.45) is 0.0132. The smallest absolute Gasteiger partial charge is 0.213 e. The predicted molar refractivity (Wildman–Crippen MR) is 134 cm³/mol. The number of aliphatic hydroxyl groups excluding tert-OH is 1. The van der Waals surface area contributed by atoms with Gasteiger partial charge in [0.05, 0.1) is 33.3 Å². The molecule has 0 aliphatic carbocycles. The van der Waals surface area contributed by atoms with Gasteiger partial charge in [0.25, 0.3) is 0 Å². The molecule has 0 amide bonds. The molecule has 0 spiro atoms. The summed E-state index contributed by atoms with van der Waals surface area (Å²) in [6.45, 7) is 0. The average molecular weight is 552 g/mol. The lowest BCUT2D eigenvalue weighted by atomic mass is 10.2. The second kappa shape index (κ2) is 10.8. The number of rotatable bonds is 10. The van der Waals surface area contributed by atoms with Crippen LogP contribution < -0.4 is 14.2 Å². The summed E-state index contributed by atoms with van der Waals surface area (Å²) in [5.74, 6) is 0.328. The number of pyridine rings is 1. The van der Waals surface area contributed by atoms with Crippen LogP contribution in [0, 0.1) is 0 Å². The molecule has 1 N–H and O–H groups in total. The number of nitrogens with zero attached hydrogens (tertiary/aromatic N) is 5. The van der Waals surface area contributed by atoms with Gasteiger partial charge in [-0.3, -0.25) is 4.57 Å². The van der Waals surface area contributed by atoms with Crippen LogP contribution in [0.4, 0.5) is 0 Å². The van der Waals surface area contributed by atoms with E-state index in [9.17, 15) is 13.5 Å². The number of methoxy groups -OCH3 is 3. The highest BCUT2D eigenvalue weighted by molar-refractivity contribution is 7.90. The van der Waals surface area contributed by atoms with Gasteiger partial charge in [0.2, 0.25) is 5.88 Å². The van der Waals surface area contributed by atoms with E-state index in [0.29, 0.717) is 33.1 Å². The summed E-state index contributed by atoms with van der Waals surface area (Å²) < 4.78 is 44.5. The Morgan fingerprint density at radius 3 is 2.36 bits per heavy atom. The van der Waals surface area contributed by atoms with Gasteiger partial charge >= 0.3 is 0 Å². The fraction of sp³-hybridized carbons (Fsp3) is 0.273. The molecule has 3 aromatic heterocycles. The maximum Gasteiger partial charge on any atom is 0.213 e. The van der Waals surface area contributed by atoms with Gasteiger partial charge in [-0.1, -0.05) is 23.7 Å². The number of thiazole rings is 1. The molecular formula is C22H22ClN5O6S2. The SMILES string of the molecule is COc1cccc(-c2nnc(CS(=O)(=O)C[C@@H](O)c3ncc(Cl)s3)n2-c2c(OC)cccc2OC)n1. The van der Waals surface area contributed by atoms with Crippen molar-refractivity contribution < 1.29 is 27.7 Å². The maximum atomic E-state index is 13.1. The third-order valence-electron chi connectivity index (χ3n) is 5.06. The van der Waals surface area contributed by atoms with Crippen molar-refractivity contribution >= 4 is 32.8 Å². The molecule has 0 fully saturated rings. The molecule has 3 heterocycles. The highest BCUT2D eigenvalue weighted by atomic mass is 35.5. The zero-order valence-corrected chi connectivity index (χ0v) is 21.8. The van der Waals surface area contributed by atoms with Gasteiger partial charge in [-0.05, 0) is 18.2 Å². The van der Waals surface area contributed by atoms with E-state index in [0.717, 1.165) is 11.3 Å². The third kappa shape index (κ3) is 5.43. The molecule has 11 nitrogen and oxygen atoms in total. The molecule has 14 heteroatoms. The fourth-order valence-electron chi connectivity index (χ4n) is 3.50. The molecule has 0 aliphatic rings. The highest BCUT2D eigenvalue weighted by Gasteiger charge is 2.28. The van der Waals surface area contributed by atoms with E-state index in [1.54, 1.807) is 36.4 Å². The number of benzene rings is 1. The standard InChI is InChI=1S/C22H22ClN5O6S2/c1-32-15-7-5-8-16(33-2)20(15)28-18(26-27-21(28)13-6-4-9-19(25-13)34-3)12-36(30,31)11-14(29)22-24-10-17(23)35-22/h4-10,14,29H,11-12H2,1-3H3/t14-/m1/s1. The highest BCUT2D eigenvalue weighted by Crippen LogP contribution is 2.36. The van der Waals surface area contributed by atoms with Crippen molar-refractivity contribution in [1.29, 1.82) is 0 Å². The number of hydrogen-bond acceptors (Lipinski definition) is 11. The van der Waals surface area contributed by atoms with Crippen molar-refractivity contribution in [3.63, 3.8) is 0 Å². The number of aromatic nitrogens is 5. The van der Waals surface area contributed by atoms with Crippen LogP contribution in [-0.2, 0) is 15.6 Å². The fourth-order valence-corrected chi connectivity index (χ4v) is 5.86. The molecule has 0 saturated carbocycles. The molecule has 36 heavy (non-hydrogen) atoms. The zero-order chi connectivity index (χ0) is 25.9. The lowest BCUT2D eigenvalue weighted by Crippen LogP contribution is -2.19. The van der Waals surface area contributed by atoms with Crippen LogP contribution in [0.5, 0.6) is 17.4 Å². The number of hydrogen-bond donors (Lipinski definition) is 1. The summed E-state index contributed by atoms with van der Waals surface area (Å²) >= 11 is 6.88. The van der Waals surface area contributed by atoms with Gasteiger partial charge in [0, 0.05) is 6.07 Å². The topological polar surface area (TPSA) is 139 Å². The normalized spacial score (nSPS) is 12.4. The lowest BCUT2D eigenvalue weighted by Gasteiger charge is -2.17. The van der Waals surface area contributed by atoms with Gasteiger partial charge < -0.3 is 19.3 Å². The monoisotopic (exact) mass is 551 g/mol. The minimum absolute atomic E-state index is 0.0711. The lowest BCUT2D eigenvalue weighted by molar-refractivity contribution is 0.201. The van der Waals surface area contributed by atoms with E-state index in [1.807, 2.05) is 0 Å². The molecule has 1 atom stereocenters. The van der Waals surface area contributed by atoms with Crippen molar-refractivity contribution in [2.45, 2.75) is 11.9 Å². The molecule has 4 aromatic rings. The molecule has 0 bridgehead atoms. The first-order chi connectivity index (χ1) is 17.3. The summed E-state index contributed by atoms with van der Waals surface area (Å²) in [6, 6.07) is 10.2. The number of ether oxygens (including phenoxy) is 3. The van der Waals surface area contributed by atoms with Crippen LogP contribution in [0.1, 0.15) is 16.9 Å². The van der Waals surface area contributed by atoms with Crippen molar-refractivity contribution in [3.8, 4) is 34.6 Å². The maximum absolute atomic E-state index is 13.1. The second-order valence-corrected chi connectivity index (χ2v) is 11.2. The largest absolute Gasteiger partial charge is 0.494 e. The van der Waals surface area contributed by atoms with Crippen LogP contribution in [0.2, 0.25) is 4.34 Å². The summed E-state index contributed by atoms with van der Waals surface area (Å²) in [5, 5.41) is 19.1. The molecule has 0 saturated heterocycles. The molecule has 0 aliphatic heterocycles. The number of para-hydroxylation sites is 1. The van der Waals surface area contributed by atoms with Gasteiger partial charge in [-0.25, -0.2) is 18.4 Å². The molecular weight excluding hydrogens is 530 g/mol. The van der Waals surface area contributed by atoms with Gasteiger partial charge in [0.15, 0.2) is 21.5 Å². The van der Waals surface area contributed by atoms with Crippen LogP contribution >= 0.6 is 22.9 Å². The Labute approximate surface area is 216 Å². The van der Waals surface area contributed by atoms with E-state index in [4.69, 9.17) is 25.8 Å². The Balaban J connectivity index is 1.82. The third-order valence-corrected chi connectivity index (χ3v) is 7.80. The van der Waals surface area contributed by atoms with E-state index in [1.165, 1.54) is 32.1 Å². The Hall–Kier alpha value is -3.26.